The van der Waals surface area contributed by atoms with Crippen LogP contribution < -0.4 is 0 Å². The Balaban J connectivity index is 1.84. The van der Waals surface area contributed by atoms with Crippen LogP contribution in [0.5, 0.6) is 0 Å². The lowest BCUT2D eigenvalue weighted by atomic mass is 9.96. The van der Waals surface area contributed by atoms with E-state index in [0.717, 1.165) is 21.9 Å². The Kier molecular flexibility index (Phi) is 2.66. The lowest BCUT2D eigenvalue weighted by Crippen LogP contribution is -1.83. The van der Waals surface area contributed by atoms with Gasteiger partial charge in [-0.2, -0.15) is 4.98 Å². The highest BCUT2D eigenvalue weighted by molar-refractivity contribution is 6.30. The number of nitrogens with zero attached hydrogens (tertiary/aromatic N) is 2. The monoisotopic (exact) mass is 354 g/mol. The van der Waals surface area contributed by atoms with E-state index in [9.17, 15) is 0 Å². The number of halogens is 1. The minimum atomic E-state index is 0.331. The number of hydrogen-bond donors (Lipinski definition) is 0. The average molecular weight is 355 g/mol. The van der Waals surface area contributed by atoms with Crippen LogP contribution >= 0.6 is 11.6 Å². The summed E-state index contributed by atoms with van der Waals surface area (Å²) < 4.78 is 5.87. The van der Waals surface area contributed by atoms with Crippen LogP contribution in [0.15, 0.2) is 71.3 Å². The molecule has 0 atom stereocenters. The zero-order chi connectivity index (χ0) is 17.3. The molecule has 0 unspecified atom stereocenters. The summed E-state index contributed by atoms with van der Waals surface area (Å²) in [6.07, 6.45) is 1.56. The molecule has 6 aromatic rings. The van der Waals surface area contributed by atoms with Crippen LogP contribution in [0.1, 0.15) is 0 Å². The van der Waals surface area contributed by atoms with Gasteiger partial charge in [0.1, 0.15) is 11.1 Å². The average Bonchev–Trinajstić information content (AvgIpc) is 3.05. The third-order valence-corrected chi connectivity index (χ3v) is 5.22. The molecule has 0 saturated carbocycles. The third-order valence-electron chi connectivity index (χ3n) is 5.04. The Labute approximate surface area is 152 Å². The minimum Gasteiger partial charge on any atom is -0.436 e. The van der Waals surface area contributed by atoms with E-state index in [-0.39, 0.29) is 0 Å². The lowest BCUT2D eigenvalue weighted by molar-refractivity contribution is 0.653. The predicted octanol–water partition coefficient (Wildman–Crippen LogP) is 6.49. The van der Waals surface area contributed by atoms with Crippen LogP contribution in [-0.4, -0.2) is 9.97 Å². The van der Waals surface area contributed by atoms with Crippen molar-refractivity contribution in [1.29, 1.82) is 0 Å². The maximum atomic E-state index is 5.96. The number of aromatic nitrogens is 2. The molecular formula is C22H11ClN2O. The van der Waals surface area contributed by atoms with E-state index in [0.29, 0.717) is 10.9 Å². The van der Waals surface area contributed by atoms with Crippen molar-refractivity contribution < 1.29 is 4.42 Å². The fraction of sp³-hybridized carbons (Fsp3) is 0. The number of fused-ring (bicyclic) bond motifs is 9. The summed E-state index contributed by atoms with van der Waals surface area (Å²) in [6, 6.07) is 21.3. The first kappa shape index (κ1) is 14.0. The van der Waals surface area contributed by atoms with Crippen molar-refractivity contribution in [2.75, 3.05) is 0 Å². The van der Waals surface area contributed by atoms with Crippen LogP contribution in [0, 0.1) is 0 Å². The molecule has 0 aliphatic heterocycles. The van der Waals surface area contributed by atoms with Gasteiger partial charge in [0.05, 0.1) is 11.6 Å². The van der Waals surface area contributed by atoms with E-state index in [1.807, 2.05) is 6.07 Å². The third kappa shape index (κ3) is 1.78. The Morgan fingerprint density at radius 3 is 2.42 bits per heavy atom. The van der Waals surface area contributed by atoms with Gasteiger partial charge >= 0.3 is 0 Å². The van der Waals surface area contributed by atoms with E-state index in [1.165, 1.54) is 26.9 Å². The summed E-state index contributed by atoms with van der Waals surface area (Å²) in [5.74, 6) is 0. The summed E-state index contributed by atoms with van der Waals surface area (Å²) in [5.41, 5.74) is 1.99. The van der Waals surface area contributed by atoms with Gasteiger partial charge in [-0.05, 0) is 38.4 Å². The molecule has 0 spiro atoms. The number of rotatable bonds is 0. The van der Waals surface area contributed by atoms with Crippen molar-refractivity contribution in [3.05, 3.63) is 72.0 Å². The van der Waals surface area contributed by atoms with Gasteiger partial charge in [0, 0.05) is 0 Å². The Morgan fingerprint density at radius 2 is 1.46 bits per heavy atom. The lowest BCUT2D eigenvalue weighted by Gasteiger charge is -2.08. The molecule has 2 aromatic heterocycles. The maximum Gasteiger partial charge on any atom is 0.247 e. The summed E-state index contributed by atoms with van der Waals surface area (Å²) >= 11 is 5.96. The highest BCUT2D eigenvalue weighted by atomic mass is 35.5. The largest absolute Gasteiger partial charge is 0.436 e. The molecular weight excluding hydrogens is 344 g/mol. The normalized spacial score (nSPS) is 12.0. The molecule has 3 nitrogen and oxygen atoms in total. The fourth-order valence-electron chi connectivity index (χ4n) is 3.91. The first-order valence-electron chi connectivity index (χ1n) is 8.37. The first-order chi connectivity index (χ1) is 12.8. The molecule has 0 fully saturated rings. The van der Waals surface area contributed by atoms with Crippen molar-refractivity contribution in [1.82, 2.24) is 9.97 Å². The second-order valence-electron chi connectivity index (χ2n) is 6.43. The van der Waals surface area contributed by atoms with Crippen LogP contribution in [0.4, 0.5) is 0 Å². The van der Waals surface area contributed by atoms with Gasteiger partial charge in [-0.15, -0.1) is 0 Å². The highest BCUT2D eigenvalue weighted by Crippen LogP contribution is 2.37. The molecule has 6 rings (SSSR count). The number of hydrogen-bond acceptors (Lipinski definition) is 3. The van der Waals surface area contributed by atoms with E-state index < -0.39 is 0 Å². The van der Waals surface area contributed by atoms with Crippen LogP contribution in [-0.2, 0) is 0 Å². The van der Waals surface area contributed by atoms with Gasteiger partial charge in [0.25, 0.3) is 0 Å². The van der Waals surface area contributed by atoms with Gasteiger partial charge in [0.15, 0.2) is 5.15 Å². The Hall–Kier alpha value is -3.17. The molecule has 0 N–H and O–H groups in total. The van der Waals surface area contributed by atoms with E-state index in [2.05, 4.69) is 64.6 Å². The van der Waals surface area contributed by atoms with Crippen molar-refractivity contribution in [2.45, 2.75) is 0 Å². The number of benzene rings is 4. The number of furan rings is 1. The van der Waals surface area contributed by atoms with Crippen LogP contribution in [0.2, 0.25) is 5.15 Å². The van der Waals surface area contributed by atoms with Crippen molar-refractivity contribution in [2.24, 2.45) is 0 Å². The highest BCUT2D eigenvalue weighted by Gasteiger charge is 2.14. The SMILES string of the molecule is Clc1cnc2c(n1)oc1ccc3c4ccc5ccccc5c4ccc3c12. The molecule has 0 aliphatic carbocycles. The maximum absolute atomic E-state index is 5.96. The van der Waals surface area contributed by atoms with Crippen molar-refractivity contribution in [3.8, 4) is 0 Å². The Morgan fingerprint density at radius 1 is 0.731 bits per heavy atom. The second kappa shape index (κ2) is 4.93. The first-order valence-corrected chi connectivity index (χ1v) is 8.75. The Bertz CT molecular complexity index is 1500. The standard InChI is InChI=1S/C22H11ClN2O/c23-19-11-24-21-20-17-8-7-14-13-4-2-1-3-12(13)5-6-15(14)16(17)9-10-18(20)26-22(21)25-19/h1-11H. The topological polar surface area (TPSA) is 38.9 Å². The van der Waals surface area contributed by atoms with Crippen LogP contribution in [0.25, 0.3) is 54.5 Å². The zero-order valence-corrected chi connectivity index (χ0v) is 14.3. The molecule has 0 radical (unpaired) electrons. The van der Waals surface area contributed by atoms with Crippen LogP contribution in [0.3, 0.4) is 0 Å². The molecule has 0 aliphatic rings. The molecule has 2 heterocycles. The molecule has 4 aromatic carbocycles. The van der Waals surface area contributed by atoms with E-state index >= 15 is 0 Å². The molecule has 0 amide bonds. The zero-order valence-electron chi connectivity index (χ0n) is 13.5. The predicted molar refractivity (Wildman–Crippen MR) is 107 cm³/mol. The molecule has 122 valence electrons. The summed E-state index contributed by atoms with van der Waals surface area (Å²) in [5, 5.41) is 8.58. The molecule has 26 heavy (non-hydrogen) atoms. The summed E-state index contributed by atoms with van der Waals surface area (Å²) in [4.78, 5) is 8.72. The quantitative estimate of drug-likeness (QED) is 0.293. The van der Waals surface area contributed by atoms with Gasteiger partial charge in [-0.3, -0.25) is 0 Å². The van der Waals surface area contributed by atoms with Gasteiger partial charge in [0.2, 0.25) is 5.71 Å². The van der Waals surface area contributed by atoms with Gasteiger partial charge < -0.3 is 4.42 Å². The fourth-order valence-corrected chi connectivity index (χ4v) is 4.04. The van der Waals surface area contributed by atoms with Gasteiger partial charge in [-0.1, -0.05) is 66.2 Å². The van der Waals surface area contributed by atoms with E-state index in [4.69, 9.17) is 16.0 Å². The van der Waals surface area contributed by atoms with Gasteiger partial charge in [-0.25, -0.2) is 4.98 Å². The van der Waals surface area contributed by atoms with Crippen molar-refractivity contribution in [3.63, 3.8) is 0 Å². The van der Waals surface area contributed by atoms with Crippen molar-refractivity contribution >= 4 is 66.1 Å². The second-order valence-corrected chi connectivity index (χ2v) is 6.82. The molecule has 4 heteroatoms. The molecule has 0 bridgehead atoms. The smallest absolute Gasteiger partial charge is 0.247 e. The van der Waals surface area contributed by atoms with E-state index in [1.54, 1.807) is 6.20 Å². The summed E-state index contributed by atoms with van der Waals surface area (Å²) in [7, 11) is 0. The summed E-state index contributed by atoms with van der Waals surface area (Å²) in [6.45, 7) is 0. The minimum absolute atomic E-state index is 0.331. The molecule has 0 saturated heterocycles.